The Kier molecular flexibility index (Phi) is 7.14. The summed E-state index contributed by atoms with van der Waals surface area (Å²) in [6.07, 6.45) is 4.80. The van der Waals surface area contributed by atoms with E-state index in [1.807, 2.05) is 6.07 Å². The minimum absolute atomic E-state index is 0.0588. The van der Waals surface area contributed by atoms with Gasteiger partial charge in [-0.1, -0.05) is 12.2 Å². The Morgan fingerprint density at radius 1 is 1.03 bits per heavy atom. The van der Waals surface area contributed by atoms with Crippen molar-refractivity contribution in [1.29, 1.82) is 0 Å². The molecule has 1 aliphatic carbocycles. The van der Waals surface area contributed by atoms with Crippen LogP contribution in [0.2, 0.25) is 0 Å². The lowest BCUT2D eigenvalue weighted by Gasteiger charge is -2.43. The Labute approximate surface area is 195 Å². The number of carbonyl (C=O) groups excluding carboxylic acids is 3. The number of carbonyl (C=O) groups is 3. The molecule has 1 saturated heterocycles. The topological polar surface area (TPSA) is 79.4 Å². The lowest BCUT2D eigenvalue weighted by molar-refractivity contribution is -0.147. The van der Waals surface area contributed by atoms with Gasteiger partial charge in [-0.05, 0) is 51.1 Å². The van der Waals surface area contributed by atoms with Gasteiger partial charge in [0.15, 0.2) is 0 Å². The van der Waals surface area contributed by atoms with Crippen LogP contribution in [0.4, 0.5) is 5.69 Å². The third-order valence-corrected chi connectivity index (χ3v) is 6.81. The molecular formula is C25H33N3O5. The quantitative estimate of drug-likeness (QED) is 0.480. The first kappa shape index (κ1) is 23.4. The van der Waals surface area contributed by atoms with Gasteiger partial charge in [-0.15, -0.1) is 0 Å². The molecule has 8 nitrogen and oxygen atoms in total. The van der Waals surface area contributed by atoms with Crippen LogP contribution >= 0.6 is 0 Å². The SMILES string of the molecule is CCOC(=O)c1ccc2c(c1)C1C=CCC1C(C(=O)OCC)N2C(=O)CN1CCN(C)CC1. The van der Waals surface area contributed by atoms with Crippen molar-refractivity contribution in [3.05, 3.63) is 41.5 Å². The highest BCUT2D eigenvalue weighted by Crippen LogP contribution is 2.48. The van der Waals surface area contributed by atoms with E-state index in [1.165, 1.54) is 0 Å². The summed E-state index contributed by atoms with van der Waals surface area (Å²) < 4.78 is 10.6. The molecule has 3 aliphatic rings. The first-order valence-electron chi connectivity index (χ1n) is 11.8. The van der Waals surface area contributed by atoms with Crippen molar-refractivity contribution < 1.29 is 23.9 Å². The lowest BCUT2D eigenvalue weighted by atomic mass is 9.77. The van der Waals surface area contributed by atoms with Crippen molar-refractivity contribution in [2.24, 2.45) is 5.92 Å². The number of likely N-dealkylation sites (N-methyl/N-ethyl adjacent to an activating group) is 1. The van der Waals surface area contributed by atoms with Crippen molar-refractivity contribution >= 4 is 23.5 Å². The van der Waals surface area contributed by atoms with Gasteiger partial charge in [-0.25, -0.2) is 9.59 Å². The number of anilines is 1. The minimum Gasteiger partial charge on any atom is -0.464 e. The molecule has 1 amide bonds. The van der Waals surface area contributed by atoms with Gasteiger partial charge in [0, 0.05) is 43.7 Å². The smallest absolute Gasteiger partial charge is 0.338 e. The molecule has 4 rings (SSSR count). The maximum absolute atomic E-state index is 13.7. The zero-order valence-corrected chi connectivity index (χ0v) is 19.7. The molecule has 33 heavy (non-hydrogen) atoms. The van der Waals surface area contributed by atoms with E-state index >= 15 is 0 Å². The molecule has 0 N–H and O–H groups in total. The molecule has 178 valence electrons. The van der Waals surface area contributed by atoms with E-state index in [0.29, 0.717) is 24.3 Å². The Balaban J connectivity index is 1.71. The van der Waals surface area contributed by atoms with Crippen molar-refractivity contribution in [3.8, 4) is 0 Å². The van der Waals surface area contributed by atoms with E-state index in [9.17, 15) is 14.4 Å². The maximum atomic E-state index is 13.7. The second kappa shape index (κ2) is 10.1. The summed E-state index contributed by atoms with van der Waals surface area (Å²) in [4.78, 5) is 45.2. The molecule has 0 aromatic heterocycles. The van der Waals surface area contributed by atoms with Crippen LogP contribution in [0.15, 0.2) is 30.4 Å². The fourth-order valence-corrected chi connectivity index (χ4v) is 5.13. The standard InChI is InChI=1S/C25H33N3O5/c1-4-32-24(30)17-9-10-21-20(15-17)18-7-6-8-19(18)23(25(31)33-5-2)28(21)22(29)16-27-13-11-26(3)12-14-27/h6-7,9-10,15,18-19,23H,4-5,8,11-14,16H2,1-3H3. The molecule has 2 heterocycles. The Morgan fingerprint density at radius 3 is 2.45 bits per heavy atom. The number of rotatable bonds is 6. The summed E-state index contributed by atoms with van der Waals surface area (Å²) >= 11 is 0. The van der Waals surface area contributed by atoms with Crippen molar-refractivity contribution in [3.63, 3.8) is 0 Å². The van der Waals surface area contributed by atoms with Gasteiger partial charge in [0.1, 0.15) is 6.04 Å². The lowest BCUT2D eigenvalue weighted by Crippen LogP contribution is -2.57. The summed E-state index contributed by atoms with van der Waals surface area (Å²) in [6.45, 7) is 7.78. The molecule has 0 saturated carbocycles. The van der Waals surface area contributed by atoms with Crippen LogP contribution in [0.5, 0.6) is 0 Å². The van der Waals surface area contributed by atoms with E-state index in [1.54, 1.807) is 30.9 Å². The number of amides is 1. The monoisotopic (exact) mass is 455 g/mol. The van der Waals surface area contributed by atoms with Crippen molar-refractivity contribution in [2.75, 3.05) is 57.9 Å². The van der Waals surface area contributed by atoms with Gasteiger partial charge in [0.2, 0.25) is 5.91 Å². The first-order valence-corrected chi connectivity index (χ1v) is 11.8. The average molecular weight is 456 g/mol. The molecule has 2 aliphatic heterocycles. The molecule has 3 atom stereocenters. The number of nitrogens with zero attached hydrogens (tertiary/aromatic N) is 3. The second-order valence-corrected chi connectivity index (χ2v) is 8.89. The fourth-order valence-electron chi connectivity index (χ4n) is 5.13. The molecule has 1 aromatic carbocycles. The van der Waals surface area contributed by atoms with Gasteiger partial charge < -0.3 is 14.4 Å². The Hall–Kier alpha value is -2.71. The van der Waals surface area contributed by atoms with E-state index in [2.05, 4.69) is 29.0 Å². The van der Waals surface area contributed by atoms with Crippen LogP contribution in [0, 0.1) is 5.92 Å². The van der Waals surface area contributed by atoms with E-state index in [4.69, 9.17) is 9.47 Å². The zero-order chi connectivity index (χ0) is 23.5. The van der Waals surface area contributed by atoms with Crippen LogP contribution in [-0.2, 0) is 19.1 Å². The Morgan fingerprint density at radius 2 is 1.76 bits per heavy atom. The fraction of sp³-hybridized carbons (Fsp3) is 0.560. The number of fused-ring (bicyclic) bond motifs is 3. The maximum Gasteiger partial charge on any atom is 0.338 e. The molecule has 8 heteroatoms. The van der Waals surface area contributed by atoms with E-state index in [0.717, 1.165) is 31.7 Å². The Bertz CT molecular complexity index is 938. The molecule has 1 aromatic rings. The van der Waals surface area contributed by atoms with E-state index in [-0.39, 0.29) is 42.8 Å². The van der Waals surface area contributed by atoms with E-state index < -0.39 is 6.04 Å². The number of benzene rings is 1. The summed E-state index contributed by atoms with van der Waals surface area (Å²) in [5.41, 5.74) is 2.01. The second-order valence-electron chi connectivity index (χ2n) is 8.89. The molecular weight excluding hydrogens is 422 g/mol. The van der Waals surface area contributed by atoms with Gasteiger partial charge in [-0.3, -0.25) is 14.6 Å². The summed E-state index contributed by atoms with van der Waals surface area (Å²) in [5.74, 6) is -1.06. The van der Waals surface area contributed by atoms with Crippen LogP contribution in [-0.4, -0.2) is 86.7 Å². The normalized spacial score (nSPS) is 24.8. The third-order valence-electron chi connectivity index (χ3n) is 6.81. The predicted molar refractivity (Wildman–Crippen MR) is 124 cm³/mol. The minimum atomic E-state index is -0.689. The predicted octanol–water partition coefficient (Wildman–Crippen LogP) is 2.05. The number of esters is 2. The van der Waals surface area contributed by atoms with Gasteiger partial charge >= 0.3 is 11.9 Å². The number of ether oxygens (including phenoxy) is 2. The summed E-state index contributed by atoms with van der Waals surface area (Å²) in [5, 5.41) is 0. The molecule has 3 unspecified atom stereocenters. The summed E-state index contributed by atoms with van der Waals surface area (Å²) in [6, 6.07) is 4.58. The zero-order valence-electron chi connectivity index (χ0n) is 19.7. The van der Waals surface area contributed by atoms with Crippen molar-refractivity contribution in [1.82, 2.24) is 9.80 Å². The van der Waals surface area contributed by atoms with Crippen LogP contribution in [0.25, 0.3) is 0 Å². The van der Waals surface area contributed by atoms with Crippen LogP contribution in [0.3, 0.4) is 0 Å². The van der Waals surface area contributed by atoms with Gasteiger partial charge in [-0.2, -0.15) is 0 Å². The van der Waals surface area contributed by atoms with Crippen LogP contribution < -0.4 is 4.90 Å². The van der Waals surface area contributed by atoms with Crippen LogP contribution in [0.1, 0.15) is 42.1 Å². The van der Waals surface area contributed by atoms with Gasteiger partial charge in [0.25, 0.3) is 0 Å². The highest BCUT2D eigenvalue weighted by Gasteiger charge is 2.48. The van der Waals surface area contributed by atoms with Crippen molar-refractivity contribution in [2.45, 2.75) is 32.2 Å². The summed E-state index contributed by atoms with van der Waals surface area (Å²) in [7, 11) is 2.07. The largest absolute Gasteiger partial charge is 0.464 e. The molecule has 0 radical (unpaired) electrons. The first-order chi connectivity index (χ1) is 15.9. The number of piperazine rings is 1. The highest BCUT2D eigenvalue weighted by molar-refractivity contribution is 6.03. The third kappa shape index (κ3) is 4.68. The van der Waals surface area contributed by atoms with Gasteiger partial charge in [0.05, 0.1) is 25.3 Å². The number of hydrogen-bond acceptors (Lipinski definition) is 7. The molecule has 0 spiro atoms. The average Bonchev–Trinajstić information content (AvgIpc) is 3.29. The number of hydrogen-bond donors (Lipinski definition) is 0. The molecule has 0 bridgehead atoms. The molecule has 1 fully saturated rings. The highest BCUT2D eigenvalue weighted by atomic mass is 16.5. The number of allylic oxidation sites excluding steroid dienone is 2.